The van der Waals surface area contributed by atoms with Crippen LogP contribution in [0.1, 0.15) is 50.6 Å². The number of aliphatic imine (C=N–C) groups is 1. The van der Waals surface area contributed by atoms with Gasteiger partial charge in [-0.15, -0.1) is 0 Å². The molecule has 26 heavy (non-hydrogen) atoms. The number of anilines is 1. The fourth-order valence-electron chi connectivity index (χ4n) is 3.65. The largest absolute Gasteiger partial charge is 0.388 e. The minimum absolute atomic E-state index is 0.191. The van der Waals surface area contributed by atoms with Gasteiger partial charge in [-0.1, -0.05) is 19.8 Å². The zero-order valence-electron chi connectivity index (χ0n) is 15.3. The zero-order valence-corrected chi connectivity index (χ0v) is 15.3. The maximum atomic E-state index is 10.7. The van der Waals surface area contributed by atoms with Crippen LogP contribution in [0.3, 0.4) is 0 Å². The van der Waals surface area contributed by atoms with Crippen LogP contribution in [0, 0.1) is 0 Å². The van der Waals surface area contributed by atoms with Crippen LogP contribution in [-0.4, -0.2) is 58.9 Å². The molecule has 3 heterocycles. The Balaban J connectivity index is 1.67. The van der Waals surface area contributed by atoms with Crippen LogP contribution < -0.4 is 11.5 Å². The number of aliphatic hydroxyl groups excluding tert-OH is 1. The zero-order chi connectivity index (χ0) is 18.5. The number of ether oxygens (including phenoxy) is 2. The van der Waals surface area contributed by atoms with Gasteiger partial charge in [0, 0.05) is 12.8 Å². The number of fused-ring (bicyclic) bond motifs is 1. The lowest BCUT2D eigenvalue weighted by molar-refractivity contribution is -0.0405. The summed E-state index contributed by atoms with van der Waals surface area (Å²) in [5, 5.41) is 10.7. The molecule has 0 aliphatic carbocycles. The molecule has 8 nitrogen and oxygen atoms in total. The predicted molar refractivity (Wildman–Crippen MR) is 99.6 cm³/mol. The molecule has 5 N–H and O–H groups in total. The van der Waals surface area contributed by atoms with E-state index in [1.165, 1.54) is 6.33 Å². The molecule has 5 atom stereocenters. The number of hydrogen-bond donors (Lipinski definition) is 3. The molecule has 2 aliphatic rings. The highest BCUT2D eigenvalue weighted by Crippen LogP contribution is 2.41. The van der Waals surface area contributed by atoms with E-state index >= 15 is 0 Å². The summed E-state index contributed by atoms with van der Waals surface area (Å²) in [6.07, 6.45) is 6.43. The van der Waals surface area contributed by atoms with E-state index in [4.69, 9.17) is 20.9 Å². The fourth-order valence-corrected chi connectivity index (χ4v) is 3.65. The minimum Gasteiger partial charge on any atom is -0.388 e. The molecular formula is C18H29N5O3. The first-order valence-corrected chi connectivity index (χ1v) is 9.47. The molecule has 1 aromatic heterocycles. The maximum absolute atomic E-state index is 10.7. The summed E-state index contributed by atoms with van der Waals surface area (Å²) in [7, 11) is 0. The summed E-state index contributed by atoms with van der Waals surface area (Å²) >= 11 is 0. The van der Waals surface area contributed by atoms with Crippen LogP contribution in [0.2, 0.25) is 0 Å². The van der Waals surface area contributed by atoms with E-state index in [1.807, 2.05) is 6.92 Å². The monoisotopic (exact) mass is 363 g/mol. The van der Waals surface area contributed by atoms with Gasteiger partial charge >= 0.3 is 0 Å². The summed E-state index contributed by atoms with van der Waals surface area (Å²) in [5.74, 6) is 0.167. The number of unbranched alkanes of at least 4 members (excludes halogenated alkanes) is 3. The molecule has 1 saturated heterocycles. The Morgan fingerprint density at radius 1 is 1.23 bits per heavy atom. The summed E-state index contributed by atoms with van der Waals surface area (Å²) in [6, 6.07) is 0. The molecule has 1 fully saturated rings. The van der Waals surface area contributed by atoms with Crippen molar-refractivity contribution in [2.24, 2.45) is 10.7 Å². The average molecular weight is 363 g/mol. The molecule has 0 radical (unpaired) electrons. The van der Waals surface area contributed by atoms with Gasteiger partial charge in [0.15, 0.2) is 5.82 Å². The van der Waals surface area contributed by atoms with Crippen LogP contribution in [0.25, 0.3) is 0 Å². The number of nitrogens with zero attached hydrogens (tertiary/aromatic N) is 3. The SMILES string of the molecule is CC[C@H]1O[C@@H](C2C=Nc3c(N)ncnc32)[C@@H](OCCCCCCN)C1O. The number of nitrogens with two attached hydrogens (primary N) is 2. The lowest BCUT2D eigenvalue weighted by Gasteiger charge is -2.24. The molecule has 2 aliphatic heterocycles. The van der Waals surface area contributed by atoms with E-state index < -0.39 is 12.2 Å². The van der Waals surface area contributed by atoms with Crippen molar-refractivity contribution >= 4 is 17.7 Å². The van der Waals surface area contributed by atoms with E-state index in [9.17, 15) is 5.11 Å². The fraction of sp³-hybridized carbons (Fsp3) is 0.722. The van der Waals surface area contributed by atoms with Gasteiger partial charge in [-0.2, -0.15) is 0 Å². The smallest absolute Gasteiger partial charge is 0.153 e. The number of hydrogen-bond acceptors (Lipinski definition) is 8. The van der Waals surface area contributed by atoms with Gasteiger partial charge in [0.1, 0.15) is 30.3 Å². The molecule has 3 rings (SSSR count). The van der Waals surface area contributed by atoms with Gasteiger partial charge in [-0.3, -0.25) is 4.99 Å². The third-order valence-electron chi connectivity index (χ3n) is 5.10. The predicted octanol–water partition coefficient (Wildman–Crippen LogP) is 1.30. The van der Waals surface area contributed by atoms with Crippen LogP contribution in [0.5, 0.6) is 0 Å². The third kappa shape index (κ3) is 3.88. The average Bonchev–Trinajstić information content (AvgIpc) is 3.20. The summed E-state index contributed by atoms with van der Waals surface area (Å²) in [4.78, 5) is 12.7. The first-order chi connectivity index (χ1) is 12.7. The number of aliphatic hydroxyl groups is 1. The van der Waals surface area contributed by atoms with Crippen molar-refractivity contribution in [3.63, 3.8) is 0 Å². The molecule has 0 aromatic carbocycles. The molecule has 2 unspecified atom stereocenters. The van der Waals surface area contributed by atoms with Crippen molar-refractivity contribution in [1.82, 2.24) is 9.97 Å². The highest BCUT2D eigenvalue weighted by atomic mass is 16.6. The van der Waals surface area contributed by atoms with E-state index in [1.54, 1.807) is 6.21 Å². The Bertz CT molecular complexity index is 627. The van der Waals surface area contributed by atoms with E-state index in [0.717, 1.165) is 44.3 Å². The molecule has 0 saturated carbocycles. The molecule has 0 bridgehead atoms. The normalized spacial score (nSPS) is 30.0. The second-order valence-electron chi connectivity index (χ2n) is 6.87. The summed E-state index contributed by atoms with van der Waals surface area (Å²) in [5.41, 5.74) is 12.7. The number of aromatic nitrogens is 2. The van der Waals surface area contributed by atoms with E-state index in [-0.39, 0.29) is 18.1 Å². The van der Waals surface area contributed by atoms with Gasteiger partial charge < -0.3 is 26.0 Å². The Morgan fingerprint density at radius 3 is 2.81 bits per heavy atom. The van der Waals surface area contributed by atoms with Crippen LogP contribution in [0.15, 0.2) is 11.3 Å². The van der Waals surface area contributed by atoms with Crippen molar-refractivity contribution in [2.75, 3.05) is 18.9 Å². The van der Waals surface area contributed by atoms with Crippen molar-refractivity contribution < 1.29 is 14.6 Å². The number of nitrogen functional groups attached to an aromatic ring is 1. The quantitative estimate of drug-likeness (QED) is 0.564. The van der Waals surface area contributed by atoms with Crippen molar-refractivity contribution in [2.45, 2.75) is 69.4 Å². The van der Waals surface area contributed by atoms with Crippen molar-refractivity contribution in [3.8, 4) is 0 Å². The van der Waals surface area contributed by atoms with E-state index in [2.05, 4.69) is 15.0 Å². The lowest BCUT2D eigenvalue weighted by atomic mass is 9.94. The van der Waals surface area contributed by atoms with Crippen molar-refractivity contribution in [1.29, 1.82) is 0 Å². The summed E-state index contributed by atoms with van der Waals surface area (Å²) < 4.78 is 12.2. The molecule has 0 spiro atoms. The molecule has 0 amide bonds. The first-order valence-electron chi connectivity index (χ1n) is 9.47. The Morgan fingerprint density at radius 2 is 2.04 bits per heavy atom. The highest BCUT2D eigenvalue weighted by Gasteiger charge is 2.48. The van der Waals surface area contributed by atoms with Crippen LogP contribution in [-0.2, 0) is 9.47 Å². The van der Waals surface area contributed by atoms with Gasteiger partial charge in [0.05, 0.1) is 17.7 Å². The lowest BCUT2D eigenvalue weighted by Crippen LogP contribution is -2.38. The van der Waals surface area contributed by atoms with Crippen LogP contribution in [0.4, 0.5) is 11.5 Å². The second-order valence-corrected chi connectivity index (χ2v) is 6.87. The minimum atomic E-state index is -0.661. The molecular weight excluding hydrogens is 334 g/mol. The Kier molecular flexibility index (Phi) is 6.53. The molecule has 1 aromatic rings. The van der Waals surface area contributed by atoms with Crippen LogP contribution >= 0.6 is 0 Å². The van der Waals surface area contributed by atoms with Gasteiger partial charge in [-0.05, 0) is 25.8 Å². The highest BCUT2D eigenvalue weighted by molar-refractivity contribution is 5.84. The van der Waals surface area contributed by atoms with E-state index in [0.29, 0.717) is 18.1 Å². The number of rotatable bonds is 9. The topological polar surface area (TPSA) is 129 Å². The third-order valence-corrected chi connectivity index (χ3v) is 5.10. The Hall–Kier alpha value is -1.61. The summed E-state index contributed by atoms with van der Waals surface area (Å²) in [6.45, 7) is 3.31. The van der Waals surface area contributed by atoms with Gasteiger partial charge in [0.2, 0.25) is 0 Å². The molecule has 144 valence electrons. The first kappa shape index (κ1) is 19.2. The van der Waals surface area contributed by atoms with Crippen molar-refractivity contribution in [3.05, 3.63) is 12.0 Å². The van der Waals surface area contributed by atoms with Gasteiger partial charge in [0.25, 0.3) is 0 Å². The standard InChI is InChI=1S/C18H29N5O3/c1-2-12-15(24)17(25-8-6-4-3-5-7-19)16(26-12)11-9-21-14-13(11)22-10-23-18(14)20/h9-12,15-17,24H,2-8,19H2,1H3,(H2,20,22,23)/t11?,12-,15?,16+,17+/m1/s1. The molecule has 8 heteroatoms. The Labute approximate surface area is 154 Å². The second kappa shape index (κ2) is 8.85. The van der Waals surface area contributed by atoms with Gasteiger partial charge in [-0.25, -0.2) is 9.97 Å². The maximum Gasteiger partial charge on any atom is 0.153 e.